The number of hydrogen-bond acceptors (Lipinski definition) is 3. The first kappa shape index (κ1) is 11.6. The van der Waals surface area contributed by atoms with Gasteiger partial charge >= 0.3 is 0 Å². The van der Waals surface area contributed by atoms with Crippen molar-refractivity contribution in [2.24, 2.45) is 0 Å². The third-order valence-corrected chi connectivity index (χ3v) is 2.77. The minimum atomic E-state index is -1.98. The van der Waals surface area contributed by atoms with E-state index in [-0.39, 0.29) is 5.75 Å². The van der Waals surface area contributed by atoms with E-state index in [1.807, 2.05) is 0 Å². The van der Waals surface area contributed by atoms with Gasteiger partial charge in [-0.2, -0.15) is 0 Å². The van der Waals surface area contributed by atoms with E-state index >= 15 is 0 Å². The third-order valence-electron chi connectivity index (χ3n) is 2.10. The van der Waals surface area contributed by atoms with Crippen LogP contribution in [-0.2, 0) is 11.1 Å². The minimum Gasteiger partial charge on any atom is -0.508 e. The molecule has 0 saturated carbocycles. The van der Waals surface area contributed by atoms with E-state index in [0.717, 1.165) is 0 Å². The van der Waals surface area contributed by atoms with Gasteiger partial charge in [0, 0.05) is 0 Å². The predicted octanol–water partition coefficient (Wildman–Crippen LogP) is 2.77. The molecular weight excluding hydrogens is 240 g/mol. The van der Waals surface area contributed by atoms with Crippen LogP contribution in [0.4, 0.5) is 0 Å². The second-order valence-electron chi connectivity index (χ2n) is 3.32. The molecule has 0 fully saturated rings. The van der Waals surface area contributed by atoms with Gasteiger partial charge in [0.05, 0.1) is 4.90 Å². The van der Waals surface area contributed by atoms with E-state index in [1.54, 1.807) is 24.3 Å². The fourth-order valence-electron chi connectivity index (χ4n) is 1.27. The summed E-state index contributed by atoms with van der Waals surface area (Å²) < 4.78 is 25.1. The Bertz CT molecular complexity index is 519. The zero-order valence-corrected chi connectivity index (χ0v) is 9.55. The molecule has 17 heavy (non-hydrogen) atoms. The minimum absolute atomic E-state index is 0.170. The number of rotatable bonds is 3. The van der Waals surface area contributed by atoms with Crippen LogP contribution in [0.1, 0.15) is 0 Å². The number of hydrogen-bond donors (Lipinski definition) is 2. The molecule has 2 rings (SSSR count). The Morgan fingerprint density at radius 2 is 1.35 bits per heavy atom. The highest BCUT2D eigenvalue weighted by Crippen LogP contribution is 2.23. The van der Waals surface area contributed by atoms with Gasteiger partial charge in [-0.25, -0.2) is 4.21 Å². The van der Waals surface area contributed by atoms with E-state index < -0.39 is 11.1 Å². The van der Waals surface area contributed by atoms with Gasteiger partial charge in [-0.15, -0.1) is 0 Å². The van der Waals surface area contributed by atoms with E-state index in [4.69, 9.17) is 14.4 Å². The molecule has 0 spiro atoms. The maximum Gasteiger partial charge on any atom is 0.186 e. The van der Waals surface area contributed by atoms with Crippen LogP contribution in [0.3, 0.4) is 0 Å². The molecule has 0 saturated heterocycles. The fourth-order valence-corrected chi connectivity index (χ4v) is 1.64. The highest BCUT2D eigenvalue weighted by Gasteiger charge is 2.01. The van der Waals surface area contributed by atoms with E-state index in [0.29, 0.717) is 16.4 Å². The van der Waals surface area contributed by atoms with Crippen LogP contribution in [0, 0.1) is 0 Å². The standard InChI is InChI=1S/C12H10O4S/c13-9-1-3-10(4-2-9)16-11-5-7-12(8-6-11)17(14)15/h1-8,13H,(H,14,15). The zero-order chi connectivity index (χ0) is 12.3. The van der Waals surface area contributed by atoms with Crippen molar-refractivity contribution in [1.82, 2.24) is 0 Å². The summed E-state index contributed by atoms with van der Waals surface area (Å²) in [5.74, 6) is 1.31. The van der Waals surface area contributed by atoms with Crippen LogP contribution in [0.15, 0.2) is 53.4 Å². The predicted molar refractivity (Wildman–Crippen MR) is 63.7 cm³/mol. The van der Waals surface area contributed by atoms with Gasteiger partial charge in [-0.05, 0) is 48.5 Å². The summed E-state index contributed by atoms with van der Waals surface area (Å²) in [4.78, 5) is 0.322. The van der Waals surface area contributed by atoms with Crippen molar-refractivity contribution >= 4 is 11.1 Å². The number of phenolic OH excluding ortho intramolecular Hbond substituents is 1. The first-order chi connectivity index (χ1) is 8.15. The van der Waals surface area contributed by atoms with Gasteiger partial charge in [0.2, 0.25) is 0 Å². The molecule has 88 valence electrons. The fraction of sp³-hybridized carbons (Fsp3) is 0. The number of ether oxygens (including phenoxy) is 1. The van der Waals surface area contributed by atoms with Crippen molar-refractivity contribution in [3.05, 3.63) is 48.5 Å². The van der Waals surface area contributed by atoms with Crippen LogP contribution in [0.5, 0.6) is 17.2 Å². The molecule has 0 aliphatic heterocycles. The number of benzene rings is 2. The second-order valence-corrected chi connectivity index (χ2v) is 4.29. The first-order valence-corrected chi connectivity index (χ1v) is 5.93. The van der Waals surface area contributed by atoms with Crippen LogP contribution in [0.2, 0.25) is 0 Å². The summed E-state index contributed by atoms with van der Waals surface area (Å²) in [6, 6.07) is 12.6. The lowest BCUT2D eigenvalue weighted by Gasteiger charge is -2.05. The van der Waals surface area contributed by atoms with Gasteiger partial charge in [0.1, 0.15) is 17.2 Å². The van der Waals surface area contributed by atoms with Crippen molar-refractivity contribution in [2.75, 3.05) is 0 Å². The molecule has 0 aliphatic rings. The molecule has 0 bridgehead atoms. The Kier molecular flexibility index (Phi) is 3.41. The van der Waals surface area contributed by atoms with Crippen LogP contribution in [0.25, 0.3) is 0 Å². The Labute approximate surface area is 101 Å². The Morgan fingerprint density at radius 1 is 0.882 bits per heavy atom. The lowest BCUT2D eigenvalue weighted by molar-refractivity contribution is 0.464. The Hall–Kier alpha value is -1.85. The topological polar surface area (TPSA) is 66.8 Å². The summed E-state index contributed by atoms with van der Waals surface area (Å²) in [6.07, 6.45) is 0. The molecule has 4 nitrogen and oxygen atoms in total. The van der Waals surface area contributed by atoms with Crippen molar-refractivity contribution in [3.8, 4) is 17.2 Å². The molecule has 2 aromatic rings. The molecule has 1 atom stereocenters. The Morgan fingerprint density at radius 3 is 1.82 bits per heavy atom. The van der Waals surface area contributed by atoms with Gasteiger partial charge in [-0.3, -0.25) is 0 Å². The summed E-state index contributed by atoms with van der Waals surface area (Å²) in [6.45, 7) is 0. The van der Waals surface area contributed by atoms with Crippen molar-refractivity contribution in [1.29, 1.82) is 0 Å². The van der Waals surface area contributed by atoms with Crippen LogP contribution < -0.4 is 4.74 Å². The Balaban J connectivity index is 2.13. The maximum atomic E-state index is 10.8. The molecule has 0 aromatic heterocycles. The second kappa shape index (κ2) is 4.99. The van der Waals surface area contributed by atoms with Crippen LogP contribution >= 0.6 is 0 Å². The zero-order valence-electron chi connectivity index (χ0n) is 8.74. The molecule has 2 N–H and O–H groups in total. The lowest BCUT2D eigenvalue weighted by atomic mass is 10.3. The maximum absolute atomic E-state index is 10.8. The van der Waals surface area contributed by atoms with E-state index in [9.17, 15) is 4.21 Å². The highest BCUT2D eigenvalue weighted by molar-refractivity contribution is 7.79. The normalized spacial score (nSPS) is 12.1. The van der Waals surface area contributed by atoms with Gasteiger partial charge in [0.25, 0.3) is 0 Å². The molecule has 0 amide bonds. The highest BCUT2D eigenvalue weighted by atomic mass is 32.2. The molecule has 2 aromatic carbocycles. The quantitative estimate of drug-likeness (QED) is 0.822. The summed E-state index contributed by atoms with van der Waals surface area (Å²) in [7, 11) is 0. The molecule has 1 unspecified atom stereocenters. The lowest BCUT2D eigenvalue weighted by Crippen LogP contribution is -1.88. The molecule has 0 aliphatic carbocycles. The first-order valence-electron chi connectivity index (χ1n) is 4.83. The van der Waals surface area contributed by atoms with E-state index in [2.05, 4.69) is 0 Å². The van der Waals surface area contributed by atoms with Crippen molar-refractivity contribution in [2.45, 2.75) is 4.90 Å². The van der Waals surface area contributed by atoms with Gasteiger partial charge in [-0.1, -0.05) is 0 Å². The number of aromatic hydroxyl groups is 1. The summed E-state index contributed by atoms with van der Waals surface area (Å²) in [5.41, 5.74) is 0. The van der Waals surface area contributed by atoms with Crippen LogP contribution in [-0.4, -0.2) is 13.9 Å². The third kappa shape index (κ3) is 3.05. The summed E-state index contributed by atoms with van der Waals surface area (Å²) in [5, 5.41) is 9.10. The van der Waals surface area contributed by atoms with Crippen molar-refractivity contribution < 1.29 is 18.6 Å². The van der Waals surface area contributed by atoms with Crippen molar-refractivity contribution in [3.63, 3.8) is 0 Å². The molecule has 0 heterocycles. The smallest absolute Gasteiger partial charge is 0.186 e. The average molecular weight is 250 g/mol. The largest absolute Gasteiger partial charge is 0.508 e. The summed E-state index contributed by atoms with van der Waals surface area (Å²) >= 11 is -1.98. The molecule has 5 heteroatoms. The SMILES string of the molecule is O=S(O)c1ccc(Oc2ccc(O)cc2)cc1. The van der Waals surface area contributed by atoms with Gasteiger partial charge in [0.15, 0.2) is 11.1 Å². The monoisotopic (exact) mass is 250 g/mol. The van der Waals surface area contributed by atoms with E-state index in [1.165, 1.54) is 24.3 Å². The average Bonchev–Trinajstić information content (AvgIpc) is 2.33. The van der Waals surface area contributed by atoms with Gasteiger partial charge < -0.3 is 14.4 Å². The molecule has 0 radical (unpaired) electrons. The molecular formula is C12H10O4S. The number of phenols is 1.